The summed E-state index contributed by atoms with van der Waals surface area (Å²) in [6.07, 6.45) is 7.99. The molecule has 1 unspecified atom stereocenters. The van der Waals surface area contributed by atoms with Crippen LogP contribution in [0.5, 0.6) is 0 Å². The van der Waals surface area contributed by atoms with Gasteiger partial charge in [0.05, 0.1) is 18.1 Å². The Morgan fingerprint density at radius 2 is 1.84 bits per heavy atom. The third kappa shape index (κ3) is 5.55. The number of benzene rings is 1. The van der Waals surface area contributed by atoms with E-state index in [1.807, 2.05) is 18.2 Å². The van der Waals surface area contributed by atoms with E-state index in [1.165, 1.54) is 6.42 Å². The minimum absolute atomic E-state index is 0.0176. The van der Waals surface area contributed by atoms with Crippen molar-refractivity contribution in [1.29, 1.82) is 0 Å². The number of nitrogens with one attached hydrogen (secondary N) is 1. The van der Waals surface area contributed by atoms with Crippen LogP contribution in [0, 0.1) is 5.92 Å². The number of carbonyl (C=O) groups is 1. The molecule has 0 radical (unpaired) electrons. The normalized spacial score (nSPS) is 22.3. The summed E-state index contributed by atoms with van der Waals surface area (Å²) >= 11 is 0. The molecule has 0 aromatic heterocycles. The standard InChI is InChI=1S/C21H31NO3/c23-20(16-21(24)11-5-2-6-12-21)22-19(18-7-3-1-4-8-18)15-17-9-13-25-14-10-17/h1,3-4,7-8,17,19,24H,2,5-6,9-16H2,(H,22,23). The first kappa shape index (κ1) is 18.4. The van der Waals surface area contributed by atoms with E-state index in [0.717, 1.165) is 63.7 Å². The molecule has 1 aliphatic heterocycles. The Morgan fingerprint density at radius 3 is 2.52 bits per heavy atom. The molecule has 1 atom stereocenters. The molecule has 0 bridgehead atoms. The van der Waals surface area contributed by atoms with Gasteiger partial charge in [-0.05, 0) is 43.6 Å². The van der Waals surface area contributed by atoms with Crippen LogP contribution in [0.1, 0.15) is 69.4 Å². The first-order valence-corrected chi connectivity index (χ1v) is 9.79. The van der Waals surface area contributed by atoms with Crippen molar-refractivity contribution in [3.8, 4) is 0 Å². The van der Waals surface area contributed by atoms with E-state index in [4.69, 9.17) is 4.74 Å². The lowest BCUT2D eigenvalue weighted by Crippen LogP contribution is -2.40. The van der Waals surface area contributed by atoms with E-state index < -0.39 is 5.60 Å². The van der Waals surface area contributed by atoms with E-state index in [-0.39, 0.29) is 18.4 Å². The lowest BCUT2D eigenvalue weighted by molar-refractivity contribution is -0.128. The smallest absolute Gasteiger partial charge is 0.223 e. The fourth-order valence-electron chi connectivity index (χ4n) is 4.21. The summed E-state index contributed by atoms with van der Waals surface area (Å²) < 4.78 is 5.46. The molecule has 1 aromatic carbocycles. The van der Waals surface area contributed by atoms with Gasteiger partial charge >= 0.3 is 0 Å². The Morgan fingerprint density at radius 1 is 1.16 bits per heavy atom. The predicted molar refractivity (Wildman–Crippen MR) is 98.1 cm³/mol. The largest absolute Gasteiger partial charge is 0.389 e. The van der Waals surface area contributed by atoms with Crippen LogP contribution in [-0.4, -0.2) is 29.8 Å². The zero-order valence-electron chi connectivity index (χ0n) is 15.1. The molecule has 1 saturated heterocycles. The molecule has 3 rings (SSSR count). The van der Waals surface area contributed by atoms with Gasteiger partial charge in [-0.25, -0.2) is 0 Å². The summed E-state index contributed by atoms with van der Waals surface area (Å²) in [5.74, 6) is 0.558. The molecule has 4 heteroatoms. The molecule has 1 heterocycles. The van der Waals surface area contributed by atoms with E-state index >= 15 is 0 Å². The SMILES string of the molecule is O=C(CC1(O)CCCCC1)NC(CC1CCOCC1)c1ccccc1. The monoisotopic (exact) mass is 345 g/mol. The molecule has 1 saturated carbocycles. The van der Waals surface area contributed by atoms with Gasteiger partial charge in [0.25, 0.3) is 0 Å². The molecule has 1 aliphatic carbocycles. The molecule has 1 aromatic rings. The predicted octanol–water partition coefficient (Wildman–Crippen LogP) is 3.75. The Balaban J connectivity index is 1.63. The number of aliphatic hydroxyl groups is 1. The second-order valence-electron chi connectivity index (χ2n) is 7.78. The second-order valence-corrected chi connectivity index (χ2v) is 7.78. The van der Waals surface area contributed by atoms with Gasteiger partial charge in [0.15, 0.2) is 0 Å². The summed E-state index contributed by atoms with van der Waals surface area (Å²) in [7, 11) is 0. The summed E-state index contributed by atoms with van der Waals surface area (Å²) in [4.78, 5) is 12.6. The number of hydrogen-bond acceptors (Lipinski definition) is 3. The van der Waals surface area contributed by atoms with Crippen molar-refractivity contribution >= 4 is 5.91 Å². The number of rotatable bonds is 6. The number of ether oxygens (including phenoxy) is 1. The highest BCUT2D eigenvalue weighted by molar-refractivity contribution is 5.77. The Labute approximate surface area is 151 Å². The second kappa shape index (κ2) is 8.81. The molecule has 0 spiro atoms. The minimum Gasteiger partial charge on any atom is -0.389 e. The van der Waals surface area contributed by atoms with Gasteiger partial charge in [0.1, 0.15) is 0 Å². The molecule has 25 heavy (non-hydrogen) atoms. The van der Waals surface area contributed by atoms with Crippen LogP contribution in [0.25, 0.3) is 0 Å². The summed E-state index contributed by atoms with van der Waals surface area (Å²) in [6.45, 7) is 1.64. The lowest BCUT2D eigenvalue weighted by Gasteiger charge is -2.33. The van der Waals surface area contributed by atoms with Crippen molar-refractivity contribution in [3.63, 3.8) is 0 Å². The maximum absolute atomic E-state index is 12.6. The maximum Gasteiger partial charge on any atom is 0.223 e. The van der Waals surface area contributed by atoms with Gasteiger partial charge in [-0.3, -0.25) is 4.79 Å². The van der Waals surface area contributed by atoms with Crippen LogP contribution < -0.4 is 5.32 Å². The highest BCUT2D eigenvalue weighted by Gasteiger charge is 2.32. The topological polar surface area (TPSA) is 58.6 Å². The summed E-state index contributed by atoms with van der Waals surface area (Å²) in [5.41, 5.74) is 0.348. The van der Waals surface area contributed by atoms with E-state index in [2.05, 4.69) is 17.4 Å². The van der Waals surface area contributed by atoms with Crippen LogP contribution >= 0.6 is 0 Å². The van der Waals surface area contributed by atoms with Crippen molar-refractivity contribution in [2.75, 3.05) is 13.2 Å². The molecule has 4 nitrogen and oxygen atoms in total. The fourth-order valence-corrected chi connectivity index (χ4v) is 4.21. The highest BCUT2D eigenvalue weighted by atomic mass is 16.5. The minimum atomic E-state index is -0.803. The highest BCUT2D eigenvalue weighted by Crippen LogP contribution is 2.32. The Hall–Kier alpha value is -1.39. The van der Waals surface area contributed by atoms with Crippen LogP contribution in [0.2, 0.25) is 0 Å². The average Bonchev–Trinajstić information content (AvgIpc) is 2.63. The van der Waals surface area contributed by atoms with Crippen molar-refractivity contribution < 1.29 is 14.6 Å². The Kier molecular flexibility index (Phi) is 6.49. The van der Waals surface area contributed by atoms with E-state index in [9.17, 15) is 9.90 Å². The van der Waals surface area contributed by atoms with Crippen LogP contribution in [0.15, 0.2) is 30.3 Å². The molecule has 1 amide bonds. The van der Waals surface area contributed by atoms with Gasteiger partial charge < -0.3 is 15.2 Å². The van der Waals surface area contributed by atoms with E-state index in [0.29, 0.717) is 5.92 Å². The number of hydrogen-bond donors (Lipinski definition) is 2. The molecule has 2 aliphatic rings. The quantitative estimate of drug-likeness (QED) is 0.825. The Bertz CT molecular complexity index is 533. The zero-order chi connectivity index (χ0) is 17.5. The van der Waals surface area contributed by atoms with Crippen LogP contribution in [0.3, 0.4) is 0 Å². The summed E-state index contributed by atoms with van der Waals surface area (Å²) in [5, 5.41) is 13.9. The lowest BCUT2D eigenvalue weighted by atomic mass is 9.82. The van der Waals surface area contributed by atoms with Crippen molar-refractivity contribution in [1.82, 2.24) is 5.32 Å². The number of carbonyl (C=O) groups excluding carboxylic acids is 1. The third-order valence-corrected chi connectivity index (χ3v) is 5.72. The zero-order valence-corrected chi connectivity index (χ0v) is 15.1. The van der Waals surface area contributed by atoms with Crippen LogP contribution in [-0.2, 0) is 9.53 Å². The first-order valence-electron chi connectivity index (χ1n) is 9.79. The molecular weight excluding hydrogens is 314 g/mol. The molecule has 2 N–H and O–H groups in total. The van der Waals surface area contributed by atoms with Gasteiger partial charge in [-0.2, -0.15) is 0 Å². The van der Waals surface area contributed by atoms with Gasteiger partial charge in [-0.15, -0.1) is 0 Å². The van der Waals surface area contributed by atoms with Crippen molar-refractivity contribution in [2.45, 2.75) is 69.4 Å². The van der Waals surface area contributed by atoms with Gasteiger partial charge in [0, 0.05) is 13.2 Å². The van der Waals surface area contributed by atoms with Crippen LogP contribution in [0.4, 0.5) is 0 Å². The van der Waals surface area contributed by atoms with Crippen molar-refractivity contribution in [3.05, 3.63) is 35.9 Å². The third-order valence-electron chi connectivity index (χ3n) is 5.72. The van der Waals surface area contributed by atoms with E-state index in [1.54, 1.807) is 0 Å². The number of amides is 1. The molecule has 2 fully saturated rings. The van der Waals surface area contributed by atoms with Gasteiger partial charge in [-0.1, -0.05) is 49.6 Å². The van der Waals surface area contributed by atoms with Crippen molar-refractivity contribution in [2.24, 2.45) is 5.92 Å². The molecular formula is C21H31NO3. The maximum atomic E-state index is 12.6. The average molecular weight is 345 g/mol. The fraction of sp³-hybridized carbons (Fsp3) is 0.667. The summed E-state index contributed by atoms with van der Waals surface area (Å²) in [6, 6.07) is 10.2. The first-order chi connectivity index (χ1) is 12.1. The van der Waals surface area contributed by atoms with Gasteiger partial charge in [0.2, 0.25) is 5.91 Å². The molecule has 138 valence electrons.